The van der Waals surface area contributed by atoms with Gasteiger partial charge in [0.1, 0.15) is 0 Å². The number of piperidine rings is 1. The molecule has 2 N–H and O–H groups in total. The topological polar surface area (TPSA) is 35.5 Å². The summed E-state index contributed by atoms with van der Waals surface area (Å²) < 4.78 is 1.10. The van der Waals surface area contributed by atoms with Crippen molar-refractivity contribution in [2.75, 3.05) is 18.0 Å². The second kappa shape index (κ2) is 6.46. The molecule has 1 heterocycles. The van der Waals surface area contributed by atoms with Gasteiger partial charge in [-0.2, -0.15) is 0 Å². The Balaban J connectivity index is 2.18. The summed E-state index contributed by atoms with van der Waals surface area (Å²) in [5.74, 6) is 0. The van der Waals surface area contributed by atoms with E-state index in [9.17, 15) is 5.11 Å². The standard InChI is InChI=1S/C16H25BrN2O/c1-16(2,3)18-10-12-9-13(17)6-7-15(12)19-8-4-5-14(20)11-19/h6-7,9,14,18,20H,4-5,8,10-11H2,1-3H3. The Morgan fingerprint density at radius 3 is 2.80 bits per heavy atom. The lowest BCUT2D eigenvalue weighted by Gasteiger charge is -2.34. The average molecular weight is 341 g/mol. The molecular weight excluding hydrogens is 316 g/mol. The maximum Gasteiger partial charge on any atom is 0.0715 e. The van der Waals surface area contributed by atoms with Gasteiger partial charge < -0.3 is 15.3 Å². The molecule has 112 valence electrons. The maximum atomic E-state index is 9.88. The predicted molar refractivity (Wildman–Crippen MR) is 88.2 cm³/mol. The van der Waals surface area contributed by atoms with Crippen LogP contribution in [0.15, 0.2) is 22.7 Å². The van der Waals surface area contributed by atoms with Crippen LogP contribution in [-0.2, 0) is 6.54 Å². The van der Waals surface area contributed by atoms with Gasteiger partial charge in [-0.3, -0.25) is 0 Å². The first-order valence-electron chi connectivity index (χ1n) is 7.31. The Morgan fingerprint density at radius 1 is 1.40 bits per heavy atom. The quantitative estimate of drug-likeness (QED) is 0.886. The summed E-state index contributed by atoms with van der Waals surface area (Å²) in [5.41, 5.74) is 2.62. The maximum absolute atomic E-state index is 9.88. The molecule has 0 spiro atoms. The zero-order valence-corrected chi connectivity index (χ0v) is 14.2. The zero-order valence-electron chi connectivity index (χ0n) is 12.6. The molecule has 0 saturated carbocycles. The molecule has 0 bridgehead atoms. The summed E-state index contributed by atoms with van der Waals surface area (Å²) in [6.07, 6.45) is 1.78. The number of rotatable bonds is 3. The van der Waals surface area contributed by atoms with E-state index in [0.717, 1.165) is 36.9 Å². The van der Waals surface area contributed by atoms with E-state index in [1.54, 1.807) is 0 Å². The van der Waals surface area contributed by atoms with Crippen molar-refractivity contribution < 1.29 is 5.11 Å². The number of hydrogen-bond acceptors (Lipinski definition) is 3. The summed E-state index contributed by atoms with van der Waals surface area (Å²) in [6, 6.07) is 6.41. The summed E-state index contributed by atoms with van der Waals surface area (Å²) in [4.78, 5) is 2.31. The molecule has 0 radical (unpaired) electrons. The summed E-state index contributed by atoms with van der Waals surface area (Å²) in [5, 5.41) is 13.4. The first-order valence-corrected chi connectivity index (χ1v) is 8.11. The third-order valence-electron chi connectivity index (χ3n) is 3.59. The van der Waals surface area contributed by atoms with Crippen molar-refractivity contribution >= 4 is 21.6 Å². The predicted octanol–water partition coefficient (Wildman–Crippen LogP) is 3.30. The summed E-state index contributed by atoms with van der Waals surface area (Å²) >= 11 is 3.56. The van der Waals surface area contributed by atoms with Crippen molar-refractivity contribution in [3.05, 3.63) is 28.2 Å². The highest BCUT2D eigenvalue weighted by Crippen LogP contribution is 2.27. The lowest BCUT2D eigenvalue weighted by molar-refractivity contribution is 0.154. The Bertz CT molecular complexity index is 456. The van der Waals surface area contributed by atoms with Crippen LogP contribution in [0.1, 0.15) is 39.2 Å². The minimum Gasteiger partial charge on any atom is -0.391 e. The number of hydrogen-bond donors (Lipinski definition) is 2. The Hall–Kier alpha value is -0.580. The van der Waals surface area contributed by atoms with Crippen molar-refractivity contribution in [2.45, 2.75) is 51.8 Å². The van der Waals surface area contributed by atoms with Gasteiger partial charge in [0.2, 0.25) is 0 Å². The first-order chi connectivity index (χ1) is 9.35. The van der Waals surface area contributed by atoms with Gasteiger partial charge in [-0.25, -0.2) is 0 Å². The molecule has 1 aromatic carbocycles. The van der Waals surface area contributed by atoms with Gasteiger partial charge in [-0.15, -0.1) is 0 Å². The van der Waals surface area contributed by atoms with Crippen molar-refractivity contribution in [1.29, 1.82) is 0 Å². The van der Waals surface area contributed by atoms with Crippen LogP contribution in [0.2, 0.25) is 0 Å². The van der Waals surface area contributed by atoms with E-state index >= 15 is 0 Å². The number of aliphatic hydroxyl groups is 1. The smallest absolute Gasteiger partial charge is 0.0715 e. The molecular formula is C16H25BrN2O. The van der Waals surface area contributed by atoms with Gasteiger partial charge in [0.05, 0.1) is 6.10 Å². The number of halogens is 1. The highest BCUT2D eigenvalue weighted by molar-refractivity contribution is 9.10. The fourth-order valence-corrected chi connectivity index (χ4v) is 2.95. The molecule has 0 aromatic heterocycles. The van der Waals surface area contributed by atoms with Crippen LogP contribution >= 0.6 is 15.9 Å². The number of β-amino-alcohol motifs (C(OH)–C–C–N with tert-alkyl or cyclic N) is 1. The van der Waals surface area contributed by atoms with E-state index in [1.165, 1.54) is 11.3 Å². The molecule has 1 aromatic rings. The van der Waals surface area contributed by atoms with Crippen LogP contribution in [0.4, 0.5) is 5.69 Å². The van der Waals surface area contributed by atoms with E-state index in [2.05, 4.69) is 65.1 Å². The minimum atomic E-state index is -0.198. The Labute approximate surface area is 130 Å². The molecule has 0 aliphatic carbocycles. The lowest BCUT2D eigenvalue weighted by Crippen LogP contribution is -2.40. The third-order valence-corrected chi connectivity index (χ3v) is 4.08. The molecule has 1 fully saturated rings. The fourth-order valence-electron chi connectivity index (χ4n) is 2.54. The van der Waals surface area contributed by atoms with Gasteiger partial charge in [-0.05, 0) is 57.4 Å². The van der Waals surface area contributed by atoms with Crippen LogP contribution < -0.4 is 10.2 Å². The monoisotopic (exact) mass is 340 g/mol. The van der Waals surface area contributed by atoms with Gasteiger partial charge in [-0.1, -0.05) is 15.9 Å². The van der Waals surface area contributed by atoms with Gasteiger partial charge in [0, 0.05) is 35.3 Å². The van der Waals surface area contributed by atoms with E-state index in [4.69, 9.17) is 0 Å². The third kappa shape index (κ3) is 4.47. The van der Waals surface area contributed by atoms with E-state index in [1.807, 2.05) is 0 Å². The number of benzene rings is 1. The van der Waals surface area contributed by atoms with Crippen molar-refractivity contribution in [2.24, 2.45) is 0 Å². The average Bonchev–Trinajstić information content (AvgIpc) is 2.35. The van der Waals surface area contributed by atoms with Gasteiger partial charge >= 0.3 is 0 Å². The minimum absolute atomic E-state index is 0.0982. The molecule has 1 aliphatic rings. The lowest BCUT2D eigenvalue weighted by atomic mass is 10.0. The molecule has 1 atom stereocenters. The molecule has 4 heteroatoms. The summed E-state index contributed by atoms with van der Waals surface area (Å²) in [6.45, 7) is 9.14. The first kappa shape index (κ1) is 15.8. The largest absolute Gasteiger partial charge is 0.391 e. The van der Waals surface area contributed by atoms with Crippen LogP contribution in [-0.4, -0.2) is 29.8 Å². The molecule has 20 heavy (non-hydrogen) atoms. The fraction of sp³-hybridized carbons (Fsp3) is 0.625. The van der Waals surface area contributed by atoms with E-state index in [0.29, 0.717) is 0 Å². The molecule has 3 nitrogen and oxygen atoms in total. The van der Waals surface area contributed by atoms with Crippen LogP contribution in [0, 0.1) is 0 Å². The Kier molecular flexibility index (Phi) is 5.10. The normalized spacial score (nSPS) is 20.2. The SMILES string of the molecule is CC(C)(C)NCc1cc(Br)ccc1N1CCCC(O)C1. The number of nitrogens with zero attached hydrogens (tertiary/aromatic N) is 1. The zero-order chi connectivity index (χ0) is 14.8. The second-order valence-electron chi connectivity index (χ2n) is 6.62. The molecule has 0 amide bonds. The van der Waals surface area contributed by atoms with Gasteiger partial charge in [0.15, 0.2) is 0 Å². The number of aliphatic hydroxyl groups excluding tert-OH is 1. The highest BCUT2D eigenvalue weighted by Gasteiger charge is 2.20. The van der Waals surface area contributed by atoms with Crippen LogP contribution in [0.5, 0.6) is 0 Å². The van der Waals surface area contributed by atoms with Crippen LogP contribution in [0.3, 0.4) is 0 Å². The highest BCUT2D eigenvalue weighted by atomic mass is 79.9. The Morgan fingerprint density at radius 2 is 2.15 bits per heavy atom. The molecule has 2 rings (SSSR count). The molecule has 1 aliphatic heterocycles. The van der Waals surface area contributed by atoms with Crippen molar-refractivity contribution in [3.8, 4) is 0 Å². The number of nitrogens with one attached hydrogen (secondary N) is 1. The number of anilines is 1. The molecule has 1 unspecified atom stereocenters. The van der Waals surface area contributed by atoms with Crippen molar-refractivity contribution in [1.82, 2.24) is 5.32 Å². The summed E-state index contributed by atoms with van der Waals surface area (Å²) in [7, 11) is 0. The van der Waals surface area contributed by atoms with Crippen molar-refractivity contribution in [3.63, 3.8) is 0 Å². The van der Waals surface area contributed by atoms with E-state index in [-0.39, 0.29) is 11.6 Å². The van der Waals surface area contributed by atoms with E-state index < -0.39 is 0 Å². The second-order valence-corrected chi connectivity index (χ2v) is 7.53. The van der Waals surface area contributed by atoms with Gasteiger partial charge in [0.25, 0.3) is 0 Å². The van der Waals surface area contributed by atoms with Crippen LogP contribution in [0.25, 0.3) is 0 Å². The molecule has 1 saturated heterocycles.